The van der Waals surface area contributed by atoms with Crippen molar-refractivity contribution in [2.45, 2.75) is 24.5 Å². The molecule has 14 heavy (non-hydrogen) atoms. The van der Waals surface area contributed by atoms with Crippen molar-refractivity contribution in [1.29, 1.82) is 5.26 Å². The summed E-state index contributed by atoms with van der Waals surface area (Å²) in [6.07, 6.45) is 2.68. The quantitative estimate of drug-likeness (QED) is 0.764. The Morgan fingerprint density at radius 2 is 2.57 bits per heavy atom. The zero-order valence-electron chi connectivity index (χ0n) is 7.68. The van der Waals surface area contributed by atoms with Crippen LogP contribution in [0, 0.1) is 11.3 Å². The van der Waals surface area contributed by atoms with E-state index >= 15 is 0 Å². The van der Waals surface area contributed by atoms with Gasteiger partial charge in [0.05, 0.1) is 18.0 Å². The molecule has 1 aromatic rings. The van der Waals surface area contributed by atoms with Crippen LogP contribution in [0.3, 0.4) is 0 Å². The Kier molecular flexibility index (Phi) is 2.10. The second-order valence-corrected chi connectivity index (χ2v) is 3.55. The predicted octanol–water partition coefficient (Wildman–Crippen LogP) is 0.844. The van der Waals surface area contributed by atoms with Crippen molar-refractivity contribution in [3.8, 4) is 11.9 Å². The summed E-state index contributed by atoms with van der Waals surface area (Å²) in [4.78, 5) is 4.02. The Bertz CT molecular complexity index is 359. The summed E-state index contributed by atoms with van der Waals surface area (Å²) in [7, 11) is 0. The molecule has 72 valence electrons. The molecule has 2 rings (SSSR count). The number of nitrogens with zero attached hydrogens (tertiary/aromatic N) is 2. The zero-order chi connectivity index (χ0) is 10.0. The summed E-state index contributed by atoms with van der Waals surface area (Å²) >= 11 is 0. The van der Waals surface area contributed by atoms with E-state index in [4.69, 9.17) is 15.7 Å². The molecule has 4 nitrogen and oxygen atoms in total. The average Bonchev–Trinajstić information content (AvgIpc) is 2.78. The zero-order valence-corrected chi connectivity index (χ0v) is 7.68. The first kappa shape index (κ1) is 8.97. The maximum Gasteiger partial charge on any atom is 0.213 e. The van der Waals surface area contributed by atoms with Gasteiger partial charge in [-0.25, -0.2) is 4.98 Å². The first-order valence-electron chi connectivity index (χ1n) is 4.48. The Morgan fingerprint density at radius 3 is 3.21 bits per heavy atom. The first-order chi connectivity index (χ1) is 6.74. The third-order valence-corrected chi connectivity index (χ3v) is 2.36. The van der Waals surface area contributed by atoms with Gasteiger partial charge in [-0.05, 0) is 6.07 Å². The van der Waals surface area contributed by atoms with E-state index in [0.29, 0.717) is 12.3 Å². The standard InChI is InChI=1S/C10H11N3O/c11-5-4-10(12)7-8(10)14-9-3-1-2-6-13-9/h1-3,6,8H,4,7,12H2/t8-,10-/m1/s1. The minimum atomic E-state index is -0.452. The molecule has 1 aliphatic rings. The molecular formula is C10H11N3O. The Hall–Kier alpha value is -1.60. The highest BCUT2D eigenvalue weighted by atomic mass is 16.5. The predicted molar refractivity (Wildman–Crippen MR) is 50.4 cm³/mol. The van der Waals surface area contributed by atoms with Crippen LogP contribution in [0.15, 0.2) is 24.4 Å². The lowest BCUT2D eigenvalue weighted by atomic mass is 10.2. The molecule has 2 atom stereocenters. The Morgan fingerprint density at radius 1 is 1.71 bits per heavy atom. The van der Waals surface area contributed by atoms with Gasteiger partial charge in [-0.1, -0.05) is 6.07 Å². The maximum atomic E-state index is 8.52. The Labute approximate surface area is 82.3 Å². The molecule has 0 aromatic carbocycles. The second kappa shape index (κ2) is 3.28. The maximum absolute atomic E-state index is 8.52. The van der Waals surface area contributed by atoms with E-state index < -0.39 is 5.54 Å². The number of aromatic nitrogens is 1. The molecule has 1 saturated carbocycles. The molecule has 0 unspecified atom stereocenters. The van der Waals surface area contributed by atoms with Crippen LogP contribution in [0.2, 0.25) is 0 Å². The van der Waals surface area contributed by atoms with Crippen LogP contribution >= 0.6 is 0 Å². The van der Waals surface area contributed by atoms with Crippen molar-refractivity contribution in [2.24, 2.45) is 5.73 Å². The number of nitrogens with two attached hydrogens (primary N) is 1. The molecule has 0 bridgehead atoms. The summed E-state index contributed by atoms with van der Waals surface area (Å²) < 4.78 is 5.51. The third kappa shape index (κ3) is 1.68. The lowest BCUT2D eigenvalue weighted by Gasteiger charge is -2.07. The van der Waals surface area contributed by atoms with Crippen molar-refractivity contribution in [3.63, 3.8) is 0 Å². The number of pyridine rings is 1. The molecule has 1 fully saturated rings. The monoisotopic (exact) mass is 189 g/mol. The fourth-order valence-electron chi connectivity index (χ4n) is 1.34. The second-order valence-electron chi connectivity index (χ2n) is 3.55. The molecule has 2 N–H and O–H groups in total. The molecule has 1 heterocycles. The van der Waals surface area contributed by atoms with Crippen LogP contribution in [0.5, 0.6) is 5.88 Å². The van der Waals surface area contributed by atoms with Gasteiger partial charge in [-0.3, -0.25) is 0 Å². The van der Waals surface area contributed by atoms with E-state index in [2.05, 4.69) is 11.1 Å². The average molecular weight is 189 g/mol. The van der Waals surface area contributed by atoms with Crippen molar-refractivity contribution >= 4 is 0 Å². The Balaban J connectivity index is 1.94. The van der Waals surface area contributed by atoms with Crippen LogP contribution in [0.1, 0.15) is 12.8 Å². The number of hydrogen-bond acceptors (Lipinski definition) is 4. The highest BCUT2D eigenvalue weighted by Gasteiger charge is 2.53. The smallest absolute Gasteiger partial charge is 0.213 e. The fraction of sp³-hybridized carbons (Fsp3) is 0.400. The van der Waals surface area contributed by atoms with E-state index in [9.17, 15) is 0 Å². The lowest BCUT2D eigenvalue weighted by molar-refractivity contribution is 0.263. The molecule has 4 heteroatoms. The van der Waals surface area contributed by atoms with Crippen LogP contribution in [-0.2, 0) is 0 Å². The molecule has 0 amide bonds. The van der Waals surface area contributed by atoms with E-state index in [1.54, 1.807) is 12.3 Å². The normalized spacial score (nSPS) is 29.3. The van der Waals surface area contributed by atoms with Gasteiger partial charge < -0.3 is 10.5 Å². The molecule has 0 spiro atoms. The molecule has 1 aliphatic carbocycles. The fourth-order valence-corrected chi connectivity index (χ4v) is 1.34. The number of hydrogen-bond donors (Lipinski definition) is 1. The molecule has 0 saturated heterocycles. The van der Waals surface area contributed by atoms with E-state index in [1.807, 2.05) is 12.1 Å². The summed E-state index contributed by atoms with van der Waals surface area (Å²) in [5, 5.41) is 8.52. The van der Waals surface area contributed by atoms with Crippen molar-refractivity contribution in [3.05, 3.63) is 24.4 Å². The van der Waals surface area contributed by atoms with Crippen LogP contribution < -0.4 is 10.5 Å². The van der Waals surface area contributed by atoms with E-state index in [-0.39, 0.29) is 6.10 Å². The topological polar surface area (TPSA) is 71.9 Å². The van der Waals surface area contributed by atoms with Crippen LogP contribution in [-0.4, -0.2) is 16.6 Å². The van der Waals surface area contributed by atoms with Crippen molar-refractivity contribution in [2.75, 3.05) is 0 Å². The number of nitriles is 1. The molecule has 0 aliphatic heterocycles. The summed E-state index contributed by atoms with van der Waals surface area (Å²) in [5.74, 6) is 0.572. The summed E-state index contributed by atoms with van der Waals surface area (Å²) in [6, 6.07) is 7.52. The molecule has 0 radical (unpaired) electrons. The minimum Gasteiger partial charge on any atom is -0.472 e. The largest absolute Gasteiger partial charge is 0.472 e. The van der Waals surface area contributed by atoms with Gasteiger partial charge in [0.1, 0.15) is 6.10 Å². The minimum absolute atomic E-state index is 0.0583. The lowest BCUT2D eigenvalue weighted by Crippen LogP contribution is -2.28. The van der Waals surface area contributed by atoms with Crippen LogP contribution in [0.4, 0.5) is 0 Å². The van der Waals surface area contributed by atoms with Gasteiger partial charge in [0.25, 0.3) is 0 Å². The van der Waals surface area contributed by atoms with E-state index in [1.165, 1.54) is 0 Å². The molecular weight excluding hydrogens is 178 g/mol. The highest BCUT2D eigenvalue weighted by Crippen LogP contribution is 2.39. The van der Waals surface area contributed by atoms with Crippen molar-refractivity contribution in [1.82, 2.24) is 4.98 Å². The first-order valence-corrected chi connectivity index (χ1v) is 4.48. The van der Waals surface area contributed by atoms with E-state index in [0.717, 1.165) is 6.42 Å². The third-order valence-electron chi connectivity index (χ3n) is 2.36. The van der Waals surface area contributed by atoms with Gasteiger partial charge in [0, 0.05) is 18.7 Å². The van der Waals surface area contributed by atoms with Gasteiger partial charge in [-0.15, -0.1) is 0 Å². The highest BCUT2D eigenvalue weighted by molar-refractivity contribution is 5.19. The summed E-state index contributed by atoms with van der Waals surface area (Å²) in [6.45, 7) is 0. The van der Waals surface area contributed by atoms with Crippen LogP contribution in [0.25, 0.3) is 0 Å². The van der Waals surface area contributed by atoms with Gasteiger partial charge in [0.15, 0.2) is 0 Å². The number of rotatable bonds is 3. The van der Waals surface area contributed by atoms with Gasteiger partial charge >= 0.3 is 0 Å². The number of ether oxygens (including phenoxy) is 1. The SMILES string of the molecule is N#CC[C@@]1(N)C[C@H]1Oc1ccccn1. The summed E-state index contributed by atoms with van der Waals surface area (Å²) in [5.41, 5.74) is 5.42. The van der Waals surface area contributed by atoms with Crippen molar-refractivity contribution < 1.29 is 4.74 Å². The van der Waals surface area contributed by atoms with Gasteiger partial charge in [0.2, 0.25) is 5.88 Å². The molecule has 1 aromatic heterocycles. The van der Waals surface area contributed by atoms with Gasteiger partial charge in [-0.2, -0.15) is 5.26 Å².